The number of alkyl halides is 3. The molecule has 0 saturated carbocycles. The van der Waals surface area contributed by atoms with Crippen LogP contribution in [-0.2, 0) is 11.0 Å². The van der Waals surface area contributed by atoms with E-state index in [9.17, 15) is 18.0 Å². The largest absolute Gasteiger partial charge is 0.453 e. The Balaban J connectivity index is 1.40. The van der Waals surface area contributed by atoms with Gasteiger partial charge in [0, 0.05) is 24.0 Å². The average molecular weight is 467 g/mol. The van der Waals surface area contributed by atoms with Gasteiger partial charge in [-0.1, -0.05) is 30.7 Å². The fraction of sp³-hybridized carbons (Fsp3) is 0.429. The molecule has 4 rings (SSSR count). The molecule has 1 aromatic carbocycles. The van der Waals surface area contributed by atoms with Crippen molar-refractivity contribution in [1.29, 1.82) is 0 Å². The van der Waals surface area contributed by atoms with Crippen molar-refractivity contribution in [2.75, 3.05) is 18.0 Å². The molecule has 0 spiro atoms. The van der Waals surface area contributed by atoms with Crippen molar-refractivity contribution >= 4 is 29.0 Å². The Morgan fingerprint density at radius 1 is 1.16 bits per heavy atom. The highest BCUT2D eigenvalue weighted by molar-refractivity contribution is 6.30. The van der Waals surface area contributed by atoms with E-state index < -0.39 is 12.0 Å². The zero-order chi connectivity index (χ0) is 22.9. The number of benzene rings is 1. The summed E-state index contributed by atoms with van der Waals surface area (Å²) in [6, 6.07) is 10.4. The number of anilines is 1. The van der Waals surface area contributed by atoms with E-state index in [0.717, 1.165) is 12.0 Å². The average Bonchev–Trinajstić information content (AvgIpc) is 3.22. The number of hydrogen-bond acceptors (Lipinski definition) is 5. The molecule has 1 aliphatic rings. The van der Waals surface area contributed by atoms with Crippen molar-refractivity contribution in [3.63, 3.8) is 0 Å². The molecule has 3 aromatic rings. The maximum Gasteiger partial charge on any atom is 0.453 e. The Labute approximate surface area is 187 Å². The molecule has 0 aliphatic carbocycles. The number of carbonyl (C=O) groups is 1. The molecule has 1 atom stereocenters. The standard InChI is InChI=1S/C21H22ClF3N6O/c1-2-16(13-3-5-15(22)6-4-13)26-19(32)14-9-11-30(12-10-14)18-8-7-17-27-28-20(21(23,24)25)31(17)29-18/h3-8,14,16H,2,9-12H2,1H3,(H,26,32). The van der Waals surface area contributed by atoms with Gasteiger partial charge in [0.2, 0.25) is 5.91 Å². The lowest BCUT2D eigenvalue weighted by atomic mass is 9.94. The Morgan fingerprint density at radius 3 is 2.47 bits per heavy atom. The third-order valence-corrected chi connectivity index (χ3v) is 5.94. The minimum atomic E-state index is -4.64. The third-order valence-electron chi connectivity index (χ3n) is 5.69. The molecule has 1 aliphatic heterocycles. The van der Waals surface area contributed by atoms with Crippen molar-refractivity contribution in [3.05, 3.63) is 52.8 Å². The molecule has 0 bridgehead atoms. The van der Waals surface area contributed by atoms with Crippen LogP contribution in [0.1, 0.15) is 43.6 Å². The van der Waals surface area contributed by atoms with Gasteiger partial charge in [-0.2, -0.15) is 17.7 Å². The molecule has 1 saturated heterocycles. The molecule has 11 heteroatoms. The van der Waals surface area contributed by atoms with Crippen molar-refractivity contribution < 1.29 is 18.0 Å². The van der Waals surface area contributed by atoms with E-state index in [1.165, 1.54) is 6.07 Å². The Hall–Kier alpha value is -2.88. The van der Waals surface area contributed by atoms with Crippen LogP contribution in [0.4, 0.5) is 19.0 Å². The Kier molecular flexibility index (Phi) is 6.23. The van der Waals surface area contributed by atoms with Crippen LogP contribution in [0.2, 0.25) is 5.02 Å². The second-order valence-corrected chi connectivity index (χ2v) is 8.20. The highest BCUT2D eigenvalue weighted by Gasteiger charge is 2.38. The normalized spacial score (nSPS) is 16.3. The van der Waals surface area contributed by atoms with E-state index in [-0.39, 0.29) is 23.5 Å². The third kappa shape index (κ3) is 4.64. The number of piperidine rings is 1. The molecule has 7 nitrogen and oxygen atoms in total. The van der Waals surface area contributed by atoms with E-state index in [1.807, 2.05) is 24.0 Å². The van der Waals surface area contributed by atoms with Crippen molar-refractivity contribution in [2.24, 2.45) is 5.92 Å². The molecule has 1 unspecified atom stereocenters. The Bertz CT molecular complexity index is 1090. The molecule has 1 N–H and O–H groups in total. The van der Waals surface area contributed by atoms with Gasteiger partial charge in [-0.25, -0.2) is 0 Å². The molecule has 1 amide bonds. The zero-order valence-corrected chi connectivity index (χ0v) is 18.1. The molecule has 32 heavy (non-hydrogen) atoms. The lowest BCUT2D eigenvalue weighted by Gasteiger charge is -2.32. The smallest absolute Gasteiger partial charge is 0.355 e. The van der Waals surface area contributed by atoms with Gasteiger partial charge in [0.05, 0.1) is 6.04 Å². The zero-order valence-electron chi connectivity index (χ0n) is 17.3. The lowest BCUT2D eigenvalue weighted by Crippen LogP contribution is -2.42. The van der Waals surface area contributed by atoms with Gasteiger partial charge >= 0.3 is 6.18 Å². The summed E-state index contributed by atoms with van der Waals surface area (Å²) >= 11 is 5.95. The fourth-order valence-corrected chi connectivity index (χ4v) is 4.03. The maximum atomic E-state index is 13.1. The summed E-state index contributed by atoms with van der Waals surface area (Å²) in [5.74, 6) is -0.948. The molecule has 1 fully saturated rings. The molecular formula is C21H22ClF3N6O. The van der Waals surface area contributed by atoms with E-state index in [0.29, 0.717) is 41.3 Å². The minimum absolute atomic E-state index is 0.0203. The van der Waals surface area contributed by atoms with Gasteiger partial charge in [-0.3, -0.25) is 4.79 Å². The molecule has 0 radical (unpaired) electrons. The van der Waals surface area contributed by atoms with Crippen molar-refractivity contribution in [1.82, 2.24) is 25.1 Å². The number of aromatic nitrogens is 4. The van der Waals surface area contributed by atoms with E-state index >= 15 is 0 Å². The fourth-order valence-electron chi connectivity index (χ4n) is 3.90. The second-order valence-electron chi connectivity index (χ2n) is 7.77. The summed E-state index contributed by atoms with van der Waals surface area (Å²) in [5.41, 5.74) is 1.03. The number of halogens is 4. The number of amides is 1. The van der Waals surface area contributed by atoms with Crippen LogP contribution >= 0.6 is 11.6 Å². The quantitative estimate of drug-likeness (QED) is 0.607. The van der Waals surface area contributed by atoms with Crippen LogP contribution in [0.15, 0.2) is 36.4 Å². The van der Waals surface area contributed by atoms with E-state index in [1.54, 1.807) is 18.2 Å². The summed E-state index contributed by atoms with van der Waals surface area (Å²) in [4.78, 5) is 14.7. The maximum absolute atomic E-state index is 13.1. The molecule has 3 heterocycles. The summed E-state index contributed by atoms with van der Waals surface area (Å²) < 4.78 is 40.1. The van der Waals surface area contributed by atoms with Gasteiger partial charge in [0.15, 0.2) is 5.65 Å². The van der Waals surface area contributed by atoms with E-state index in [2.05, 4.69) is 20.6 Å². The first kappa shape index (κ1) is 22.3. The predicted octanol–water partition coefficient (Wildman–Crippen LogP) is 4.28. The van der Waals surface area contributed by atoms with Gasteiger partial charge in [0.25, 0.3) is 5.82 Å². The van der Waals surface area contributed by atoms with Crippen LogP contribution in [0, 0.1) is 5.92 Å². The second kappa shape index (κ2) is 8.93. The highest BCUT2D eigenvalue weighted by Crippen LogP contribution is 2.29. The topological polar surface area (TPSA) is 75.4 Å². The summed E-state index contributed by atoms with van der Waals surface area (Å²) in [6.45, 7) is 3.03. The summed E-state index contributed by atoms with van der Waals surface area (Å²) in [6.07, 6.45) is -2.74. The predicted molar refractivity (Wildman–Crippen MR) is 113 cm³/mol. The Morgan fingerprint density at radius 2 is 1.84 bits per heavy atom. The van der Waals surface area contributed by atoms with Crippen molar-refractivity contribution in [3.8, 4) is 0 Å². The number of fused-ring (bicyclic) bond motifs is 1. The lowest BCUT2D eigenvalue weighted by molar-refractivity contribution is -0.146. The van der Waals surface area contributed by atoms with Crippen LogP contribution in [-0.4, -0.2) is 38.8 Å². The number of hydrogen-bond donors (Lipinski definition) is 1. The number of nitrogens with one attached hydrogen (secondary N) is 1. The van der Waals surface area contributed by atoms with E-state index in [4.69, 9.17) is 11.6 Å². The molecule has 2 aromatic heterocycles. The molecular weight excluding hydrogens is 445 g/mol. The van der Waals surface area contributed by atoms with Crippen molar-refractivity contribution in [2.45, 2.75) is 38.4 Å². The summed E-state index contributed by atoms with van der Waals surface area (Å²) in [7, 11) is 0. The van der Waals surface area contributed by atoms with Crippen LogP contribution in [0.25, 0.3) is 5.65 Å². The first-order chi connectivity index (χ1) is 15.3. The number of nitrogens with zero attached hydrogens (tertiary/aromatic N) is 5. The number of carbonyl (C=O) groups excluding carboxylic acids is 1. The summed E-state index contributed by atoms with van der Waals surface area (Å²) in [5, 5.41) is 14.6. The molecule has 170 valence electrons. The van der Waals surface area contributed by atoms with Crippen LogP contribution in [0.5, 0.6) is 0 Å². The van der Waals surface area contributed by atoms with Gasteiger partial charge < -0.3 is 10.2 Å². The van der Waals surface area contributed by atoms with Crippen LogP contribution in [0.3, 0.4) is 0 Å². The first-order valence-corrected chi connectivity index (χ1v) is 10.7. The van der Waals surface area contributed by atoms with Gasteiger partial charge in [-0.15, -0.1) is 15.3 Å². The van der Waals surface area contributed by atoms with Gasteiger partial charge in [0.1, 0.15) is 5.82 Å². The van der Waals surface area contributed by atoms with Crippen LogP contribution < -0.4 is 10.2 Å². The monoisotopic (exact) mass is 466 g/mol. The highest BCUT2D eigenvalue weighted by atomic mass is 35.5. The van der Waals surface area contributed by atoms with Gasteiger partial charge in [-0.05, 0) is 49.1 Å². The minimum Gasteiger partial charge on any atom is -0.355 e. The first-order valence-electron chi connectivity index (χ1n) is 10.4. The number of rotatable bonds is 5. The SMILES string of the molecule is CCC(NC(=O)C1CCN(c2ccc3nnc(C(F)(F)F)n3n2)CC1)c1ccc(Cl)cc1.